The number of carbonyl (C=O) groups is 2. The van der Waals surface area contributed by atoms with Crippen LogP contribution in [0.1, 0.15) is 25.8 Å². The van der Waals surface area contributed by atoms with Gasteiger partial charge >= 0.3 is 0 Å². The van der Waals surface area contributed by atoms with E-state index in [1.165, 1.54) is 16.7 Å². The number of nitrogens with zero attached hydrogens (tertiary/aromatic N) is 4. The van der Waals surface area contributed by atoms with Crippen LogP contribution in [0.25, 0.3) is 11.4 Å². The van der Waals surface area contributed by atoms with Crippen molar-refractivity contribution < 1.29 is 9.59 Å². The topological polar surface area (TPSA) is 80.1 Å². The highest BCUT2D eigenvalue weighted by molar-refractivity contribution is 7.99. The maximum absolute atomic E-state index is 12.3. The van der Waals surface area contributed by atoms with Crippen molar-refractivity contribution in [2.45, 2.75) is 38.9 Å². The van der Waals surface area contributed by atoms with Crippen LogP contribution in [0.5, 0.6) is 0 Å². The zero-order valence-electron chi connectivity index (χ0n) is 16.4. The van der Waals surface area contributed by atoms with E-state index in [2.05, 4.69) is 15.5 Å². The van der Waals surface area contributed by atoms with Crippen LogP contribution in [0.3, 0.4) is 0 Å². The summed E-state index contributed by atoms with van der Waals surface area (Å²) in [4.78, 5) is 25.5. The van der Waals surface area contributed by atoms with Crippen molar-refractivity contribution >= 4 is 23.6 Å². The molecule has 2 rings (SSSR count). The predicted octanol–water partition coefficient (Wildman–Crippen LogP) is 2.35. The third kappa shape index (κ3) is 5.56. The summed E-state index contributed by atoms with van der Waals surface area (Å²) in [5, 5.41) is 12.1. The SMILES string of the molecule is CCCNC(=O)CN(C)C(=O)CSc1nnc(-c2ccccc2C)n1CC. The van der Waals surface area contributed by atoms with Gasteiger partial charge in [-0.3, -0.25) is 9.59 Å². The Balaban J connectivity index is 2.01. The molecule has 0 aliphatic rings. The normalized spacial score (nSPS) is 10.7. The molecule has 0 atom stereocenters. The monoisotopic (exact) mass is 389 g/mol. The molecule has 1 N–H and O–H groups in total. The fraction of sp³-hybridized carbons (Fsp3) is 0.474. The third-order valence-electron chi connectivity index (χ3n) is 4.12. The second-order valence-corrected chi connectivity index (χ2v) is 7.20. The van der Waals surface area contributed by atoms with Gasteiger partial charge in [-0.25, -0.2) is 0 Å². The summed E-state index contributed by atoms with van der Waals surface area (Å²) in [6.45, 7) is 7.45. The first-order valence-electron chi connectivity index (χ1n) is 9.10. The average Bonchev–Trinajstić information content (AvgIpc) is 3.07. The molecule has 0 aliphatic heterocycles. The van der Waals surface area contributed by atoms with E-state index in [4.69, 9.17) is 0 Å². The minimum atomic E-state index is -0.142. The maximum Gasteiger partial charge on any atom is 0.239 e. The van der Waals surface area contributed by atoms with Crippen LogP contribution in [0.4, 0.5) is 0 Å². The molecule has 0 radical (unpaired) electrons. The number of likely N-dealkylation sites (N-methyl/N-ethyl adjacent to an activating group) is 1. The van der Waals surface area contributed by atoms with Crippen molar-refractivity contribution in [3.05, 3.63) is 29.8 Å². The molecule has 1 aromatic carbocycles. The fourth-order valence-corrected chi connectivity index (χ4v) is 3.51. The zero-order chi connectivity index (χ0) is 19.8. The molecule has 2 amide bonds. The summed E-state index contributed by atoms with van der Waals surface area (Å²) < 4.78 is 2.01. The number of carbonyl (C=O) groups excluding carboxylic acids is 2. The van der Waals surface area contributed by atoms with E-state index in [-0.39, 0.29) is 24.1 Å². The molecular formula is C19H27N5O2S. The van der Waals surface area contributed by atoms with Gasteiger partial charge in [-0.2, -0.15) is 0 Å². The van der Waals surface area contributed by atoms with Crippen molar-refractivity contribution in [1.29, 1.82) is 0 Å². The van der Waals surface area contributed by atoms with E-state index in [0.717, 1.165) is 23.4 Å². The second-order valence-electron chi connectivity index (χ2n) is 6.25. The molecular weight excluding hydrogens is 362 g/mol. The lowest BCUT2D eigenvalue weighted by molar-refractivity contribution is -0.132. The Morgan fingerprint density at radius 2 is 1.96 bits per heavy atom. The maximum atomic E-state index is 12.3. The Morgan fingerprint density at radius 1 is 1.22 bits per heavy atom. The van der Waals surface area contributed by atoms with Crippen molar-refractivity contribution in [2.75, 3.05) is 25.9 Å². The van der Waals surface area contributed by atoms with Crippen LogP contribution < -0.4 is 5.32 Å². The Kier molecular flexibility index (Phi) is 7.84. The number of aromatic nitrogens is 3. The van der Waals surface area contributed by atoms with Gasteiger partial charge in [-0.15, -0.1) is 10.2 Å². The minimum absolute atomic E-state index is 0.0638. The van der Waals surface area contributed by atoms with Crippen molar-refractivity contribution in [3.8, 4) is 11.4 Å². The number of hydrogen-bond acceptors (Lipinski definition) is 5. The highest BCUT2D eigenvalue weighted by Crippen LogP contribution is 2.26. The average molecular weight is 390 g/mol. The zero-order valence-corrected chi connectivity index (χ0v) is 17.2. The molecule has 0 unspecified atom stereocenters. The van der Waals surface area contributed by atoms with E-state index in [9.17, 15) is 9.59 Å². The molecule has 0 fully saturated rings. The van der Waals surface area contributed by atoms with Crippen LogP contribution in [-0.4, -0.2) is 57.4 Å². The van der Waals surface area contributed by atoms with Gasteiger partial charge in [-0.05, 0) is 25.8 Å². The molecule has 0 aliphatic carbocycles. The largest absolute Gasteiger partial charge is 0.355 e. The first-order chi connectivity index (χ1) is 13.0. The van der Waals surface area contributed by atoms with Gasteiger partial charge in [-0.1, -0.05) is 43.0 Å². The molecule has 0 saturated heterocycles. The molecule has 7 nitrogen and oxygen atoms in total. The summed E-state index contributed by atoms with van der Waals surface area (Å²) in [6, 6.07) is 8.03. The van der Waals surface area contributed by atoms with Gasteiger partial charge < -0.3 is 14.8 Å². The molecule has 27 heavy (non-hydrogen) atoms. The smallest absolute Gasteiger partial charge is 0.239 e. The van der Waals surface area contributed by atoms with E-state index < -0.39 is 0 Å². The number of rotatable bonds is 9. The van der Waals surface area contributed by atoms with Crippen molar-refractivity contribution in [2.24, 2.45) is 0 Å². The van der Waals surface area contributed by atoms with Gasteiger partial charge in [0.05, 0.1) is 12.3 Å². The van der Waals surface area contributed by atoms with Gasteiger partial charge in [0.1, 0.15) is 0 Å². The summed E-state index contributed by atoms with van der Waals surface area (Å²) in [6.07, 6.45) is 0.870. The molecule has 2 aromatic rings. The Hall–Kier alpha value is -2.35. The molecule has 1 aromatic heterocycles. The van der Waals surface area contributed by atoms with E-state index in [1.54, 1.807) is 7.05 Å². The van der Waals surface area contributed by atoms with Crippen LogP contribution in [-0.2, 0) is 16.1 Å². The van der Waals surface area contributed by atoms with E-state index >= 15 is 0 Å². The van der Waals surface area contributed by atoms with Crippen LogP contribution in [0, 0.1) is 6.92 Å². The number of aryl methyl sites for hydroxylation is 1. The predicted molar refractivity (Wildman–Crippen MR) is 108 cm³/mol. The standard InChI is InChI=1S/C19H27N5O2S/c1-5-11-20-16(25)12-23(4)17(26)13-27-19-22-21-18(24(19)6-2)15-10-8-7-9-14(15)3/h7-10H,5-6,11-13H2,1-4H3,(H,20,25). The Labute approximate surface area is 164 Å². The van der Waals surface area contributed by atoms with Crippen LogP contribution >= 0.6 is 11.8 Å². The Bertz CT molecular complexity index is 790. The van der Waals surface area contributed by atoms with E-state index in [1.807, 2.05) is 49.6 Å². The Morgan fingerprint density at radius 3 is 2.63 bits per heavy atom. The van der Waals surface area contributed by atoms with Crippen LogP contribution in [0.15, 0.2) is 29.4 Å². The molecule has 0 spiro atoms. The number of amides is 2. The van der Waals surface area contributed by atoms with Gasteiger partial charge in [0.25, 0.3) is 0 Å². The number of hydrogen-bond donors (Lipinski definition) is 1. The quantitative estimate of drug-likeness (QED) is 0.666. The lowest BCUT2D eigenvalue weighted by Gasteiger charge is -2.16. The number of thioether (sulfide) groups is 1. The number of nitrogens with one attached hydrogen (secondary N) is 1. The first-order valence-corrected chi connectivity index (χ1v) is 10.1. The molecule has 0 saturated carbocycles. The molecule has 1 heterocycles. The van der Waals surface area contributed by atoms with Gasteiger partial charge in [0.2, 0.25) is 11.8 Å². The highest BCUT2D eigenvalue weighted by atomic mass is 32.2. The molecule has 8 heteroatoms. The fourth-order valence-electron chi connectivity index (χ4n) is 2.56. The lowest BCUT2D eigenvalue weighted by Crippen LogP contribution is -2.39. The second kappa shape index (κ2) is 10.1. The lowest BCUT2D eigenvalue weighted by atomic mass is 10.1. The third-order valence-corrected chi connectivity index (χ3v) is 5.07. The summed E-state index contributed by atoms with van der Waals surface area (Å²) in [5.74, 6) is 0.757. The van der Waals surface area contributed by atoms with Crippen molar-refractivity contribution in [1.82, 2.24) is 25.0 Å². The number of benzene rings is 1. The van der Waals surface area contributed by atoms with Gasteiger partial charge in [0, 0.05) is 25.7 Å². The minimum Gasteiger partial charge on any atom is -0.355 e. The first kappa shape index (κ1) is 21.0. The van der Waals surface area contributed by atoms with Crippen LogP contribution in [0.2, 0.25) is 0 Å². The summed E-state index contributed by atoms with van der Waals surface area (Å²) in [5.41, 5.74) is 2.17. The molecule has 0 bridgehead atoms. The summed E-state index contributed by atoms with van der Waals surface area (Å²) >= 11 is 1.34. The van der Waals surface area contributed by atoms with Crippen molar-refractivity contribution in [3.63, 3.8) is 0 Å². The van der Waals surface area contributed by atoms with E-state index in [0.29, 0.717) is 18.2 Å². The summed E-state index contributed by atoms with van der Waals surface area (Å²) in [7, 11) is 1.64. The van der Waals surface area contributed by atoms with Gasteiger partial charge in [0.15, 0.2) is 11.0 Å². The molecule has 146 valence electrons. The highest BCUT2D eigenvalue weighted by Gasteiger charge is 2.18.